The van der Waals surface area contributed by atoms with Gasteiger partial charge in [0.1, 0.15) is 11.2 Å². The Hall–Kier alpha value is -6.00. The predicted octanol–water partition coefficient (Wildman–Crippen LogP) is 12.7. The van der Waals surface area contributed by atoms with Crippen LogP contribution in [0.5, 0.6) is 0 Å². The molecule has 0 amide bonds. The van der Waals surface area contributed by atoms with Crippen LogP contribution in [-0.4, -0.2) is 11.8 Å². The number of aromatic nitrogens is 1. The molecule has 2 aromatic heterocycles. The first-order chi connectivity index (χ1) is 27.3. The molecule has 1 N–H and O–H groups in total. The van der Waals surface area contributed by atoms with E-state index < -0.39 is 0 Å². The maximum atomic E-state index is 6.53. The molecule has 11 rings (SSSR count). The van der Waals surface area contributed by atoms with Gasteiger partial charge in [-0.25, -0.2) is 0 Å². The van der Waals surface area contributed by atoms with Gasteiger partial charge >= 0.3 is 0 Å². The third-order valence-electron chi connectivity index (χ3n) is 13.1. The number of hydrogen-bond acceptors (Lipinski definition) is 2. The number of rotatable bonds is 3. The number of nitrogens with one attached hydrogen (secondary N) is 1. The monoisotopic (exact) mass is 738 g/mol. The van der Waals surface area contributed by atoms with Crippen LogP contribution in [0.15, 0.2) is 132 Å². The standard InChI is InChI=1S/C53H47BN2O/c1-51(2,3)30-17-20-32(21-18-30)55-42-25-19-31(52(4,5)6)27-37(42)34-22-23-36-48-43(26-24-40-47(48)35-14-9-11-15-39(35)53(40,7)8)56-44-28-38-33-13-10-12-16-45(33)57-46(38)29-41(44)54-49(34)50(36)56/h9-29,54-55H,1-8H3. The van der Waals surface area contributed by atoms with Crippen LogP contribution in [-0.2, 0) is 16.2 Å². The summed E-state index contributed by atoms with van der Waals surface area (Å²) >= 11 is 0. The Morgan fingerprint density at radius 2 is 1.33 bits per heavy atom. The summed E-state index contributed by atoms with van der Waals surface area (Å²) in [6.45, 7) is 18.5. The summed E-state index contributed by atoms with van der Waals surface area (Å²) in [5, 5.41) is 8.86. The van der Waals surface area contributed by atoms with Crippen molar-refractivity contribution in [3.05, 3.63) is 150 Å². The van der Waals surface area contributed by atoms with Crippen LogP contribution in [0, 0.1) is 0 Å². The van der Waals surface area contributed by atoms with Crippen LogP contribution >= 0.6 is 0 Å². The molecule has 1 aliphatic heterocycles. The molecule has 3 nitrogen and oxygen atoms in total. The summed E-state index contributed by atoms with van der Waals surface area (Å²) in [5.74, 6) is 0. The largest absolute Gasteiger partial charge is 0.456 e. The van der Waals surface area contributed by atoms with Gasteiger partial charge in [0.25, 0.3) is 0 Å². The Kier molecular flexibility index (Phi) is 6.94. The van der Waals surface area contributed by atoms with E-state index in [4.69, 9.17) is 4.42 Å². The Morgan fingerprint density at radius 1 is 0.596 bits per heavy atom. The maximum Gasteiger partial charge on any atom is 0.198 e. The lowest BCUT2D eigenvalue weighted by Crippen LogP contribution is -2.37. The van der Waals surface area contributed by atoms with E-state index in [0.717, 1.165) is 40.6 Å². The molecule has 7 aromatic carbocycles. The molecule has 278 valence electrons. The summed E-state index contributed by atoms with van der Waals surface area (Å²) in [7, 11) is 0.801. The zero-order chi connectivity index (χ0) is 39.2. The zero-order valence-electron chi connectivity index (χ0n) is 34.2. The number of hydrogen-bond donors (Lipinski definition) is 1. The van der Waals surface area contributed by atoms with Crippen molar-refractivity contribution in [1.82, 2.24) is 4.57 Å². The molecule has 0 saturated heterocycles. The van der Waals surface area contributed by atoms with Gasteiger partial charge in [0.05, 0.1) is 5.52 Å². The SMILES string of the molecule is CC(C)(C)c1ccc(Nc2ccc(C(C)(C)C)cc2-c2ccc3c4c5c(ccc4n4c3c2Bc2cc3oc6ccccc6c3cc2-4)C(C)(C)c2ccccc2-5)cc1. The molecule has 4 heteroatoms. The van der Waals surface area contributed by atoms with Gasteiger partial charge in [0.2, 0.25) is 0 Å². The fourth-order valence-electron chi connectivity index (χ4n) is 10.0. The smallest absolute Gasteiger partial charge is 0.198 e. The highest BCUT2D eigenvalue weighted by molar-refractivity contribution is 6.73. The predicted molar refractivity (Wildman–Crippen MR) is 245 cm³/mol. The second kappa shape index (κ2) is 11.5. The molecule has 1 aliphatic carbocycles. The second-order valence-electron chi connectivity index (χ2n) is 19.1. The first kappa shape index (κ1) is 34.3. The third-order valence-corrected chi connectivity index (χ3v) is 13.1. The Morgan fingerprint density at radius 3 is 2.12 bits per heavy atom. The fraction of sp³-hybridized carbons (Fsp3) is 0.208. The van der Waals surface area contributed by atoms with E-state index in [1.165, 1.54) is 82.9 Å². The highest BCUT2D eigenvalue weighted by Gasteiger charge is 2.38. The average molecular weight is 739 g/mol. The molecule has 2 aliphatic rings. The summed E-state index contributed by atoms with van der Waals surface area (Å²) in [5.41, 5.74) is 21.2. The van der Waals surface area contributed by atoms with E-state index in [0.29, 0.717) is 0 Å². The molecule has 3 heterocycles. The highest BCUT2D eigenvalue weighted by Crippen LogP contribution is 2.53. The van der Waals surface area contributed by atoms with Crippen LogP contribution in [0.4, 0.5) is 11.4 Å². The first-order valence-corrected chi connectivity index (χ1v) is 20.5. The molecule has 0 saturated carbocycles. The van der Waals surface area contributed by atoms with E-state index in [9.17, 15) is 0 Å². The lowest BCUT2D eigenvalue weighted by Gasteiger charge is -2.26. The van der Waals surface area contributed by atoms with Crippen LogP contribution in [0.25, 0.3) is 71.7 Å². The quantitative estimate of drug-likeness (QED) is 0.183. The Bertz CT molecular complexity index is 3160. The lowest BCUT2D eigenvalue weighted by atomic mass is 9.59. The van der Waals surface area contributed by atoms with Gasteiger partial charge in [-0.05, 0) is 104 Å². The molecule has 57 heavy (non-hydrogen) atoms. The maximum absolute atomic E-state index is 6.53. The average Bonchev–Trinajstić information content (AvgIpc) is 3.80. The van der Waals surface area contributed by atoms with Crippen molar-refractivity contribution in [2.45, 2.75) is 71.6 Å². The minimum atomic E-state index is -0.0870. The van der Waals surface area contributed by atoms with Crippen LogP contribution in [0.1, 0.15) is 77.6 Å². The molecule has 0 spiro atoms. The molecule has 0 radical (unpaired) electrons. The number of para-hydroxylation sites is 1. The van der Waals surface area contributed by atoms with Gasteiger partial charge in [-0.3, -0.25) is 0 Å². The van der Waals surface area contributed by atoms with E-state index >= 15 is 0 Å². The highest BCUT2D eigenvalue weighted by atomic mass is 16.3. The van der Waals surface area contributed by atoms with Crippen LogP contribution in [0.3, 0.4) is 0 Å². The first-order valence-electron chi connectivity index (χ1n) is 20.5. The number of benzene rings is 7. The van der Waals surface area contributed by atoms with E-state index in [1.807, 2.05) is 0 Å². The van der Waals surface area contributed by atoms with Crippen molar-refractivity contribution < 1.29 is 4.42 Å². The van der Waals surface area contributed by atoms with Crippen molar-refractivity contribution in [1.29, 1.82) is 0 Å². The van der Waals surface area contributed by atoms with Gasteiger partial charge < -0.3 is 14.3 Å². The lowest BCUT2D eigenvalue weighted by molar-refractivity contribution is 0.590. The van der Waals surface area contributed by atoms with Crippen LogP contribution in [0.2, 0.25) is 0 Å². The van der Waals surface area contributed by atoms with E-state index in [2.05, 4.69) is 193 Å². The molecule has 0 bridgehead atoms. The number of nitrogens with zero attached hydrogens (tertiary/aromatic N) is 1. The summed E-state index contributed by atoms with van der Waals surface area (Å²) in [6, 6.07) is 47.8. The minimum absolute atomic E-state index is 0.0158. The molecular formula is C53H47BN2O. The molecule has 0 fully saturated rings. The molecular weight excluding hydrogens is 691 g/mol. The summed E-state index contributed by atoms with van der Waals surface area (Å²) in [6.07, 6.45) is 0. The van der Waals surface area contributed by atoms with Crippen molar-refractivity contribution in [2.75, 3.05) is 5.32 Å². The molecule has 9 aromatic rings. The molecule has 0 atom stereocenters. The van der Waals surface area contributed by atoms with Gasteiger partial charge in [-0.15, -0.1) is 0 Å². The topological polar surface area (TPSA) is 30.1 Å². The zero-order valence-corrected chi connectivity index (χ0v) is 34.2. The number of fused-ring (bicyclic) bond motifs is 12. The van der Waals surface area contributed by atoms with Crippen molar-refractivity contribution in [3.8, 4) is 27.9 Å². The van der Waals surface area contributed by atoms with Crippen LogP contribution < -0.4 is 16.2 Å². The van der Waals surface area contributed by atoms with Crippen molar-refractivity contribution in [2.24, 2.45) is 0 Å². The van der Waals surface area contributed by atoms with Crippen molar-refractivity contribution in [3.63, 3.8) is 0 Å². The van der Waals surface area contributed by atoms with Gasteiger partial charge in [-0.1, -0.05) is 140 Å². The Balaban J connectivity index is 1.22. The molecule has 0 unspecified atom stereocenters. The van der Waals surface area contributed by atoms with E-state index in [-0.39, 0.29) is 16.2 Å². The third kappa shape index (κ3) is 4.92. The normalized spacial score (nSPS) is 14.2. The summed E-state index contributed by atoms with van der Waals surface area (Å²) in [4.78, 5) is 0. The van der Waals surface area contributed by atoms with E-state index in [1.54, 1.807) is 0 Å². The van der Waals surface area contributed by atoms with Gasteiger partial charge in [0, 0.05) is 55.1 Å². The second-order valence-corrected chi connectivity index (χ2v) is 19.1. The minimum Gasteiger partial charge on any atom is -0.456 e. The van der Waals surface area contributed by atoms with Gasteiger partial charge in [-0.2, -0.15) is 0 Å². The Labute approximate surface area is 335 Å². The number of anilines is 2. The van der Waals surface area contributed by atoms with Gasteiger partial charge in [0.15, 0.2) is 7.28 Å². The van der Waals surface area contributed by atoms with Crippen molar-refractivity contribution >= 4 is 73.3 Å². The number of furan rings is 1. The summed E-state index contributed by atoms with van der Waals surface area (Å²) < 4.78 is 9.12. The fourth-order valence-corrected chi connectivity index (χ4v) is 10.0.